The third-order valence-corrected chi connectivity index (χ3v) is 4.13. The van der Waals surface area contributed by atoms with Crippen molar-refractivity contribution in [3.05, 3.63) is 65.6 Å². The minimum atomic E-state index is -0.822. The maximum absolute atomic E-state index is 10.6. The monoisotopic (exact) mass is 320 g/mol. The minimum absolute atomic E-state index is 0.593. The van der Waals surface area contributed by atoms with Gasteiger partial charge in [0, 0.05) is 35.3 Å². The van der Waals surface area contributed by atoms with E-state index < -0.39 is 6.10 Å². The van der Waals surface area contributed by atoms with Crippen molar-refractivity contribution < 1.29 is 9.63 Å². The molecule has 1 atom stereocenters. The quantitative estimate of drug-likeness (QED) is 0.604. The molecule has 4 heterocycles. The number of nitrogens with one attached hydrogen (secondary N) is 1. The highest BCUT2D eigenvalue weighted by atomic mass is 16.5. The Kier molecular flexibility index (Phi) is 3.39. The molecular formula is C18H16N4O2. The number of fused-ring (bicyclic) bond motifs is 1. The van der Waals surface area contributed by atoms with Crippen molar-refractivity contribution in [1.82, 2.24) is 20.1 Å². The van der Waals surface area contributed by atoms with Crippen LogP contribution < -0.4 is 0 Å². The molecule has 6 nitrogen and oxygen atoms in total. The topological polar surface area (TPSA) is 87.8 Å². The summed E-state index contributed by atoms with van der Waals surface area (Å²) in [5.74, 6) is 0.758. The molecule has 0 spiro atoms. The lowest BCUT2D eigenvalue weighted by Gasteiger charge is -2.08. The van der Waals surface area contributed by atoms with Gasteiger partial charge in [0.05, 0.1) is 22.4 Å². The molecular weight excluding hydrogens is 304 g/mol. The van der Waals surface area contributed by atoms with Crippen LogP contribution in [0.2, 0.25) is 0 Å². The number of aliphatic hydroxyl groups is 1. The standard InChI is InChI=1S/C18H16N4O2/c1-10-16(11(2)24-22-10)12-7-15-17(21-8-12)13(9-20-15)18(23)14-5-3-4-6-19-14/h3-9,18,20,23H,1-2H3. The van der Waals surface area contributed by atoms with Gasteiger partial charge >= 0.3 is 0 Å². The average molecular weight is 320 g/mol. The summed E-state index contributed by atoms with van der Waals surface area (Å²) in [6.45, 7) is 3.78. The zero-order valence-corrected chi connectivity index (χ0v) is 13.3. The number of hydrogen-bond acceptors (Lipinski definition) is 5. The molecule has 24 heavy (non-hydrogen) atoms. The summed E-state index contributed by atoms with van der Waals surface area (Å²) >= 11 is 0. The molecule has 4 rings (SSSR count). The van der Waals surface area contributed by atoms with Crippen LogP contribution in [0.15, 0.2) is 47.4 Å². The number of rotatable bonds is 3. The van der Waals surface area contributed by atoms with E-state index in [-0.39, 0.29) is 0 Å². The lowest BCUT2D eigenvalue weighted by atomic mass is 10.0. The predicted molar refractivity (Wildman–Crippen MR) is 89.4 cm³/mol. The molecule has 0 fully saturated rings. The number of nitrogens with zero attached hydrogens (tertiary/aromatic N) is 3. The first kappa shape index (κ1) is 14.6. The molecule has 6 heteroatoms. The molecule has 4 aromatic rings. The Balaban J connectivity index is 1.79. The van der Waals surface area contributed by atoms with Gasteiger partial charge in [-0.05, 0) is 32.0 Å². The van der Waals surface area contributed by atoms with Crippen molar-refractivity contribution in [3.63, 3.8) is 0 Å². The Morgan fingerprint density at radius 1 is 1.21 bits per heavy atom. The molecule has 2 N–H and O–H groups in total. The second kappa shape index (κ2) is 5.58. The number of hydrogen-bond donors (Lipinski definition) is 2. The summed E-state index contributed by atoms with van der Waals surface area (Å²) in [4.78, 5) is 11.9. The van der Waals surface area contributed by atoms with Crippen LogP contribution >= 0.6 is 0 Å². The van der Waals surface area contributed by atoms with E-state index in [1.165, 1.54) is 0 Å². The maximum Gasteiger partial charge on any atom is 0.141 e. The van der Waals surface area contributed by atoms with Crippen LogP contribution in [0.25, 0.3) is 22.2 Å². The van der Waals surface area contributed by atoms with Gasteiger partial charge in [0.25, 0.3) is 0 Å². The van der Waals surface area contributed by atoms with E-state index in [1.54, 1.807) is 24.7 Å². The van der Waals surface area contributed by atoms with Gasteiger partial charge in [-0.3, -0.25) is 9.97 Å². The van der Waals surface area contributed by atoms with E-state index in [2.05, 4.69) is 20.1 Å². The smallest absolute Gasteiger partial charge is 0.141 e. The molecule has 0 aliphatic carbocycles. The van der Waals surface area contributed by atoms with Crippen molar-refractivity contribution in [2.75, 3.05) is 0 Å². The zero-order valence-electron chi connectivity index (χ0n) is 13.3. The molecule has 0 saturated heterocycles. The van der Waals surface area contributed by atoms with Crippen LogP contribution in [0.1, 0.15) is 28.8 Å². The van der Waals surface area contributed by atoms with Gasteiger partial charge in [0.2, 0.25) is 0 Å². The van der Waals surface area contributed by atoms with Gasteiger partial charge in [-0.1, -0.05) is 11.2 Å². The Bertz CT molecular complexity index is 985. The first-order valence-electron chi connectivity index (χ1n) is 7.64. The highest BCUT2D eigenvalue weighted by Crippen LogP contribution is 2.31. The molecule has 0 aliphatic heterocycles. The highest BCUT2D eigenvalue weighted by Gasteiger charge is 2.19. The average Bonchev–Trinajstić information content (AvgIpc) is 3.17. The lowest BCUT2D eigenvalue weighted by Crippen LogP contribution is -2.01. The molecule has 0 saturated carbocycles. The van der Waals surface area contributed by atoms with E-state index in [4.69, 9.17) is 4.52 Å². The second-order valence-corrected chi connectivity index (χ2v) is 5.72. The first-order chi connectivity index (χ1) is 11.6. The van der Waals surface area contributed by atoms with Gasteiger partial charge in [0.15, 0.2) is 0 Å². The fourth-order valence-electron chi connectivity index (χ4n) is 2.97. The second-order valence-electron chi connectivity index (χ2n) is 5.72. The Labute approximate surface area is 138 Å². The summed E-state index contributed by atoms with van der Waals surface area (Å²) in [7, 11) is 0. The summed E-state index contributed by atoms with van der Waals surface area (Å²) in [5.41, 5.74) is 5.57. The van der Waals surface area contributed by atoms with Crippen LogP contribution in [0.3, 0.4) is 0 Å². The van der Waals surface area contributed by atoms with Crippen molar-refractivity contribution in [2.45, 2.75) is 20.0 Å². The van der Waals surface area contributed by atoms with Crippen LogP contribution in [0.5, 0.6) is 0 Å². The van der Waals surface area contributed by atoms with Crippen LogP contribution in [0.4, 0.5) is 0 Å². The van der Waals surface area contributed by atoms with E-state index in [0.717, 1.165) is 33.6 Å². The van der Waals surface area contributed by atoms with Gasteiger partial charge in [0.1, 0.15) is 11.9 Å². The van der Waals surface area contributed by atoms with Crippen molar-refractivity contribution >= 4 is 11.0 Å². The molecule has 0 aromatic carbocycles. The van der Waals surface area contributed by atoms with Crippen molar-refractivity contribution in [1.29, 1.82) is 0 Å². The molecule has 0 amide bonds. The normalized spacial score (nSPS) is 12.6. The van der Waals surface area contributed by atoms with Crippen LogP contribution in [0, 0.1) is 13.8 Å². The third-order valence-electron chi connectivity index (χ3n) is 4.13. The largest absolute Gasteiger partial charge is 0.382 e. The van der Waals surface area contributed by atoms with Crippen molar-refractivity contribution in [2.24, 2.45) is 0 Å². The number of aromatic nitrogens is 4. The minimum Gasteiger partial charge on any atom is -0.382 e. The summed E-state index contributed by atoms with van der Waals surface area (Å²) < 4.78 is 5.23. The van der Waals surface area contributed by atoms with E-state index in [9.17, 15) is 5.11 Å². The number of pyridine rings is 2. The number of aliphatic hydroxyl groups excluding tert-OH is 1. The molecule has 0 radical (unpaired) electrons. The summed E-state index contributed by atoms with van der Waals surface area (Å²) in [6.07, 6.45) is 4.39. The Morgan fingerprint density at radius 2 is 2.08 bits per heavy atom. The lowest BCUT2D eigenvalue weighted by molar-refractivity contribution is 0.216. The molecule has 1 unspecified atom stereocenters. The van der Waals surface area contributed by atoms with Gasteiger partial charge in [-0.15, -0.1) is 0 Å². The van der Waals surface area contributed by atoms with Gasteiger partial charge in [-0.25, -0.2) is 0 Å². The zero-order chi connectivity index (χ0) is 16.7. The predicted octanol–water partition coefficient (Wildman–Crippen LogP) is 3.31. The van der Waals surface area contributed by atoms with E-state index in [0.29, 0.717) is 11.3 Å². The summed E-state index contributed by atoms with van der Waals surface area (Å²) in [5, 5.41) is 14.6. The molecule has 120 valence electrons. The SMILES string of the molecule is Cc1noc(C)c1-c1cnc2c(C(O)c3ccccn3)c[nH]c2c1. The van der Waals surface area contributed by atoms with Crippen LogP contribution in [-0.2, 0) is 0 Å². The highest BCUT2D eigenvalue weighted by molar-refractivity contribution is 5.84. The number of aromatic amines is 1. The third kappa shape index (κ3) is 2.28. The summed E-state index contributed by atoms with van der Waals surface area (Å²) in [6, 6.07) is 7.45. The molecule has 0 aliphatic rings. The van der Waals surface area contributed by atoms with Crippen molar-refractivity contribution in [3.8, 4) is 11.1 Å². The fourth-order valence-corrected chi connectivity index (χ4v) is 2.97. The number of H-pyrrole nitrogens is 1. The van der Waals surface area contributed by atoms with Gasteiger partial charge in [-0.2, -0.15) is 0 Å². The Hall–Kier alpha value is -2.99. The molecule has 0 bridgehead atoms. The van der Waals surface area contributed by atoms with Crippen LogP contribution in [-0.4, -0.2) is 25.2 Å². The fraction of sp³-hybridized carbons (Fsp3) is 0.167. The number of aryl methyl sites for hydroxylation is 2. The van der Waals surface area contributed by atoms with Gasteiger partial charge < -0.3 is 14.6 Å². The maximum atomic E-state index is 10.6. The van der Waals surface area contributed by atoms with E-state index >= 15 is 0 Å². The Morgan fingerprint density at radius 3 is 2.79 bits per heavy atom. The van der Waals surface area contributed by atoms with E-state index in [1.807, 2.05) is 32.0 Å². The first-order valence-corrected chi connectivity index (χ1v) is 7.64. The molecule has 4 aromatic heterocycles.